The van der Waals surface area contributed by atoms with E-state index >= 15 is 26.3 Å². The van der Waals surface area contributed by atoms with Crippen LogP contribution in [-0.2, 0) is 12.4 Å². The van der Waals surface area contributed by atoms with Crippen molar-refractivity contribution in [1.82, 2.24) is 29.5 Å². The first-order chi connectivity index (χ1) is 36.5. The lowest BCUT2D eigenvalue weighted by Crippen LogP contribution is -2.11. The van der Waals surface area contributed by atoms with Crippen molar-refractivity contribution >= 4 is 21.8 Å². The normalized spacial score (nSPS) is 11.9. The molecule has 6 nitrogen and oxygen atoms in total. The predicted molar refractivity (Wildman–Crippen MR) is 283 cm³/mol. The van der Waals surface area contributed by atoms with E-state index in [-0.39, 0.29) is 39.2 Å². The molecule has 75 heavy (non-hydrogen) atoms. The van der Waals surface area contributed by atoms with E-state index in [2.05, 4.69) is 0 Å². The number of para-hydroxylation sites is 1. The third-order valence-electron chi connectivity index (χ3n) is 13.1. The van der Waals surface area contributed by atoms with Crippen LogP contribution in [0.4, 0.5) is 26.3 Å². The van der Waals surface area contributed by atoms with Crippen LogP contribution in [0.3, 0.4) is 0 Å². The molecular formula is C63H38F6N6. The first-order valence-electron chi connectivity index (χ1n) is 23.9. The number of hydrogen-bond donors (Lipinski definition) is 0. The molecule has 3 heterocycles. The molecule has 0 N–H and O–H groups in total. The summed E-state index contributed by atoms with van der Waals surface area (Å²) in [7, 11) is 0. The summed E-state index contributed by atoms with van der Waals surface area (Å²) in [5.41, 5.74) is 3.28. The Balaban J connectivity index is 1.19. The van der Waals surface area contributed by atoms with Gasteiger partial charge in [0.1, 0.15) is 0 Å². The number of rotatable bonds is 9. The molecule has 0 fully saturated rings. The molecule has 0 radical (unpaired) electrons. The Bertz CT molecular complexity index is 3890. The Morgan fingerprint density at radius 2 is 0.667 bits per heavy atom. The van der Waals surface area contributed by atoms with Crippen molar-refractivity contribution in [3.63, 3.8) is 0 Å². The maximum absolute atomic E-state index is 15.5. The van der Waals surface area contributed by atoms with Crippen molar-refractivity contribution < 1.29 is 26.3 Å². The second-order valence-corrected chi connectivity index (χ2v) is 17.8. The average Bonchev–Trinajstić information content (AvgIpc) is 3.80. The standard InChI is InChI=1S/C63H38F6N6/c64-62(65,66)51-30-16-13-27-45(51)49-36-44(54-38-53(39-19-5-1-6-20-39)70-58(71-54)40-21-7-2-8-22-40)37-50(46-28-14-17-31-52(46)63(67,68)69)57(49)75-55-32-18-15-29-47(55)48-35-43(33-34-56(48)75)61-73-59(41-23-9-3-10-24-41)72-60(74-61)42-25-11-4-12-26-42/h1-38H. The second-order valence-electron chi connectivity index (χ2n) is 17.8. The van der Waals surface area contributed by atoms with Gasteiger partial charge < -0.3 is 4.57 Å². The van der Waals surface area contributed by atoms with Crippen LogP contribution in [0.1, 0.15) is 11.1 Å². The Morgan fingerprint density at radius 1 is 0.280 bits per heavy atom. The molecule has 0 aliphatic carbocycles. The van der Waals surface area contributed by atoms with Gasteiger partial charge >= 0.3 is 12.4 Å². The zero-order chi connectivity index (χ0) is 51.3. The molecule has 3 aromatic heterocycles. The molecule has 9 aromatic carbocycles. The first-order valence-corrected chi connectivity index (χ1v) is 23.9. The Morgan fingerprint density at radius 3 is 1.16 bits per heavy atom. The molecular weight excluding hydrogens is 955 g/mol. The Labute approximate surface area is 426 Å². The van der Waals surface area contributed by atoms with Gasteiger partial charge in [0.25, 0.3) is 0 Å². The minimum absolute atomic E-state index is 0.0118. The molecule has 0 amide bonds. The number of hydrogen-bond acceptors (Lipinski definition) is 5. The van der Waals surface area contributed by atoms with Gasteiger partial charge in [-0.15, -0.1) is 0 Å². The molecule has 0 saturated heterocycles. The van der Waals surface area contributed by atoms with E-state index in [0.717, 1.165) is 28.8 Å². The van der Waals surface area contributed by atoms with Crippen molar-refractivity contribution in [3.8, 4) is 96.0 Å². The number of alkyl halides is 6. The summed E-state index contributed by atoms with van der Waals surface area (Å²) in [5, 5.41) is 1.33. The van der Waals surface area contributed by atoms with E-state index in [1.54, 1.807) is 28.8 Å². The van der Waals surface area contributed by atoms with Gasteiger partial charge in [0.05, 0.1) is 39.2 Å². The lowest BCUT2D eigenvalue weighted by molar-refractivity contribution is -0.137. The van der Waals surface area contributed by atoms with E-state index in [9.17, 15) is 0 Å². The smallest absolute Gasteiger partial charge is 0.308 e. The monoisotopic (exact) mass is 992 g/mol. The van der Waals surface area contributed by atoms with Gasteiger partial charge in [-0.1, -0.05) is 176 Å². The SMILES string of the molecule is FC(F)(F)c1ccccc1-c1cc(-c2cc(-c3ccccc3)nc(-c3ccccc3)n2)cc(-c2ccccc2C(F)(F)F)c1-n1c2ccccc2c2cc(-c3nc(-c4ccccc4)nc(-c4ccccc4)n3)ccc21. The summed E-state index contributed by atoms with van der Waals surface area (Å²) in [6.07, 6.45) is -9.75. The van der Waals surface area contributed by atoms with E-state index in [1.807, 2.05) is 158 Å². The van der Waals surface area contributed by atoms with Gasteiger partial charge in [-0.2, -0.15) is 26.3 Å². The van der Waals surface area contributed by atoms with Crippen LogP contribution in [-0.4, -0.2) is 29.5 Å². The molecule has 0 saturated carbocycles. The van der Waals surface area contributed by atoms with E-state index < -0.39 is 23.5 Å². The fourth-order valence-electron chi connectivity index (χ4n) is 9.72. The third-order valence-corrected chi connectivity index (χ3v) is 13.1. The zero-order valence-electron chi connectivity index (χ0n) is 39.4. The van der Waals surface area contributed by atoms with Crippen molar-refractivity contribution in [3.05, 3.63) is 242 Å². The second kappa shape index (κ2) is 18.8. The highest BCUT2D eigenvalue weighted by molar-refractivity contribution is 6.12. The molecule has 0 unspecified atom stereocenters. The summed E-state index contributed by atoms with van der Waals surface area (Å²) < 4.78 is 95.1. The summed E-state index contributed by atoms with van der Waals surface area (Å²) in [6.45, 7) is 0. The van der Waals surface area contributed by atoms with Gasteiger partial charge in [0.2, 0.25) is 0 Å². The Kier molecular flexibility index (Phi) is 11.7. The Hall–Kier alpha value is -9.55. The third kappa shape index (κ3) is 8.86. The molecule has 0 spiro atoms. The van der Waals surface area contributed by atoms with Gasteiger partial charge in [-0.3, -0.25) is 0 Å². The predicted octanol–water partition coefficient (Wildman–Crippen LogP) is 17.1. The van der Waals surface area contributed by atoms with Crippen molar-refractivity contribution in [2.45, 2.75) is 12.4 Å². The number of halogens is 6. The van der Waals surface area contributed by atoms with Crippen LogP contribution >= 0.6 is 0 Å². The summed E-state index contributed by atoms with van der Waals surface area (Å²) in [5.74, 6) is 1.56. The van der Waals surface area contributed by atoms with Crippen LogP contribution in [0.25, 0.3) is 118 Å². The highest BCUT2D eigenvalue weighted by Crippen LogP contribution is 2.49. The summed E-state index contributed by atoms with van der Waals surface area (Å²) in [6, 6.07) is 65.6. The number of benzene rings is 9. The summed E-state index contributed by atoms with van der Waals surface area (Å²) >= 11 is 0. The maximum atomic E-state index is 15.5. The molecule has 0 bridgehead atoms. The van der Waals surface area contributed by atoms with Crippen LogP contribution in [0, 0.1) is 0 Å². The minimum atomic E-state index is -4.87. The van der Waals surface area contributed by atoms with Crippen LogP contribution in [0.15, 0.2) is 231 Å². The number of aromatic nitrogens is 6. The van der Waals surface area contributed by atoms with E-state index in [4.69, 9.17) is 24.9 Å². The van der Waals surface area contributed by atoms with Crippen molar-refractivity contribution in [2.75, 3.05) is 0 Å². The maximum Gasteiger partial charge on any atom is 0.417 e. The first kappa shape index (κ1) is 46.5. The lowest BCUT2D eigenvalue weighted by atomic mass is 9.88. The molecule has 362 valence electrons. The van der Waals surface area contributed by atoms with Crippen molar-refractivity contribution in [2.24, 2.45) is 0 Å². The molecule has 12 rings (SSSR count). The van der Waals surface area contributed by atoms with Crippen LogP contribution in [0.2, 0.25) is 0 Å². The van der Waals surface area contributed by atoms with Gasteiger partial charge in [0, 0.05) is 55.3 Å². The van der Waals surface area contributed by atoms with Crippen molar-refractivity contribution in [1.29, 1.82) is 0 Å². The minimum Gasteiger partial charge on any atom is -0.308 e. The molecule has 12 aromatic rings. The molecule has 0 aliphatic heterocycles. The summed E-state index contributed by atoms with van der Waals surface area (Å²) in [4.78, 5) is 24.7. The average molecular weight is 993 g/mol. The lowest BCUT2D eigenvalue weighted by Gasteiger charge is -2.24. The van der Waals surface area contributed by atoms with Gasteiger partial charge in [0.15, 0.2) is 23.3 Å². The molecule has 0 atom stereocenters. The zero-order valence-corrected chi connectivity index (χ0v) is 39.4. The molecule has 12 heteroatoms. The van der Waals surface area contributed by atoms with E-state index in [0.29, 0.717) is 61.9 Å². The number of nitrogens with zero attached hydrogens (tertiary/aromatic N) is 6. The van der Waals surface area contributed by atoms with E-state index in [1.165, 1.54) is 36.4 Å². The van der Waals surface area contributed by atoms with Crippen LogP contribution in [0.5, 0.6) is 0 Å². The highest BCUT2D eigenvalue weighted by atomic mass is 19.4. The fraction of sp³-hybridized carbons (Fsp3) is 0.0317. The highest BCUT2D eigenvalue weighted by Gasteiger charge is 2.37. The fourth-order valence-corrected chi connectivity index (χ4v) is 9.72. The largest absolute Gasteiger partial charge is 0.417 e. The van der Waals surface area contributed by atoms with Gasteiger partial charge in [-0.05, 0) is 65.7 Å². The van der Waals surface area contributed by atoms with Gasteiger partial charge in [-0.25, -0.2) is 24.9 Å². The number of fused-ring (bicyclic) bond motifs is 3. The molecule has 0 aliphatic rings. The topological polar surface area (TPSA) is 69.4 Å². The van der Waals surface area contributed by atoms with Crippen LogP contribution < -0.4 is 0 Å². The quantitative estimate of drug-likeness (QED) is 0.135.